The van der Waals surface area contributed by atoms with Gasteiger partial charge in [-0.15, -0.1) is 0 Å². The highest BCUT2D eigenvalue weighted by atomic mass is 19.4. The van der Waals surface area contributed by atoms with E-state index in [4.69, 9.17) is 0 Å². The zero-order valence-corrected chi connectivity index (χ0v) is 24.7. The molecule has 2 heterocycles. The molecule has 1 aliphatic heterocycles. The number of likely N-dealkylation sites (tertiary alicyclic amines) is 1. The summed E-state index contributed by atoms with van der Waals surface area (Å²) >= 11 is 0. The van der Waals surface area contributed by atoms with Crippen LogP contribution in [0.1, 0.15) is 45.7 Å². The third kappa shape index (κ3) is 5.61. The molecule has 0 radical (unpaired) electrons. The Labute approximate surface area is 242 Å². The first-order valence-electron chi connectivity index (χ1n) is 13.8. The molecular formula is C30H36F3N5O4. The third-order valence-corrected chi connectivity index (χ3v) is 8.84. The Balaban J connectivity index is 1.62. The monoisotopic (exact) mass is 587 g/mol. The van der Waals surface area contributed by atoms with Crippen LogP contribution in [0.5, 0.6) is 0 Å². The fourth-order valence-electron chi connectivity index (χ4n) is 6.19. The van der Waals surface area contributed by atoms with E-state index in [-0.39, 0.29) is 35.8 Å². The van der Waals surface area contributed by atoms with Gasteiger partial charge in [-0.1, -0.05) is 46.2 Å². The Bertz CT molecular complexity index is 1530. The topological polar surface area (TPSA) is 126 Å². The Morgan fingerprint density at radius 3 is 2.43 bits per heavy atom. The second-order valence-electron chi connectivity index (χ2n) is 13.2. The van der Waals surface area contributed by atoms with E-state index in [2.05, 4.69) is 11.1 Å². The highest BCUT2D eigenvalue weighted by Gasteiger charge is 2.70. The van der Waals surface area contributed by atoms with Gasteiger partial charge in [0.2, 0.25) is 11.8 Å². The molecule has 2 aromatic rings. The Hall–Kier alpha value is -3.88. The van der Waals surface area contributed by atoms with Gasteiger partial charge in [0.15, 0.2) is 0 Å². The number of likely N-dealkylation sites (N-methyl/N-ethyl adjacent to an activating group) is 1. The number of rotatable bonds is 6. The second-order valence-corrected chi connectivity index (χ2v) is 13.2. The van der Waals surface area contributed by atoms with E-state index in [0.717, 1.165) is 10.9 Å². The molecule has 0 spiro atoms. The van der Waals surface area contributed by atoms with Gasteiger partial charge in [0, 0.05) is 31.1 Å². The van der Waals surface area contributed by atoms with E-state index < -0.39 is 47.4 Å². The maximum atomic E-state index is 14.0. The van der Waals surface area contributed by atoms with Crippen molar-refractivity contribution in [3.8, 4) is 6.07 Å². The number of hydrogen-bond donors (Lipinski definition) is 2. The van der Waals surface area contributed by atoms with Crippen LogP contribution >= 0.6 is 0 Å². The number of piperidine rings is 1. The van der Waals surface area contributed by atoms with Crippen LogP contribution in [0.25, 0.3) is 10.9 Å². The van der Waals surface area contributed by atoms with Gasteiger partial charge in [-0.2, -0.15) is 18.4 Å². The Morgan fingerprint density at radius 1 is 1.21 bits per heavy atom. The first-order valence-corrected chi connectivity index (χ1v) is 13.8. The van der Waals surface area contributed by atoms with Crippen molar-refractivity contribution >= 4 is 28.6 Å². The number of nitrogens with zero attached hydrogens (tertiary/aromatic N) is 3. The number of nitrogens with one attached hydrogen (secondary N) is 2. The fourth-order valence-corrected chi connectivity index (χ4v) is 6.19. The van der Waals surface area contributed by atoms with Gasteiger partial charge in [-0.25, -0.2) is 0 Å². The van der Waals surface area contributed by atoms with E-state index >= 15 is 0 Å². The van der Waals surface area contributed by atoms with E-state index in [1.165, 1.54) is 37.6 Å². The Morgan fingerprint density at radius 2 is 1.86 bits per heavy atom. The summed E-state index contributed by atoms with van der Waals surface area (Å²) in [5.74, 6) is -3.92. The molecule has 42 heavy (non-hydrogen) atoms. The average Bonchev–Trinajstić information content (AvgIpc) is 3.21. The minimum absolute atomic E-state index is 0.0671. The van der Waals surface area contributed by atoms with Crippen molar-refractivity contribution in [2.45, 2.75) is 72.3 Å². The van der Waals surface area contributed by atoms with Gasteiger partial charge in [-0.3, -0.25) is 19.2 Å². The number of aryl methyl sites for hydroxylation is 1. The number of pyridine rings is 1. The first kappa shape index (κ1) is 31.1. The summed E-state index contributed by atoms with van der Waals surface area (Å²) in [4.78, 5) is 57.6. The van der Waals surface area contributed by atoms with E-state index in [9.17, 15) is 37.6 Å². The maximum absolute atomic E-state index is 14.0. The van der Waals surface area contributed by atoms with Crippen molar-refractivity contribution in [3.63, 3.8) is 0 Å². The third-order valence-electron chi connectivity index (χ3n) is 8.84. The van der Waals surface area contributed by atoms with Crippen LogP contribution < -0.4 is 10.9 Å². The van der Waals surface area contributed by atoms with Crippen molar-refractivity contribution < 1.29 is 27.6 Å². The maximum Gasteiger partial charge on any atom is 0.471 e. The molecule has 1 unspecified atom stereocenters. The molecule has 1 saturated carbocycles. The lowest BCUT2D eigenvalue weighted by Crippen LogP contribution is -2.61. The fraction of sp³-hybridized carbons (Fsp3) is 0.567. The largest absolute Gasteiger partial charge is 0.471 e. The second kappa shape index (κ2) is 10.4. The molecule has 12 heteroatoms. The highest BCUT2D eigenvalue weighted by Crippen LogP contribution is 2.65. The minimum atomic E-state index is -5.19. The summed E-state index contributed by atoms with van der Waals surface area (Å²) in [6, 6.07) is 5.69. The van der Waals surface area contributed by atoms with Crippen LogP contribution in [0.15, 0.2) is 29.1 Å². The van der Waals surface area contributed by atoms with Gasteiger partial charge in [-0.05, 0) is 53.2 Å². The minimum Gasteiger partial charge on any atom is -0.336 e. The number of hydrogen-bond acceptors (Lipinski definition) is 5. The van der Waals surface area contributed by atoms with Gasteiger partial charge < -0.3 is 20.1 Å². The van der Waals surface area contributed by atoms with Crippen LogP contribution in [-0.2, 0) is 20.8 Å². The lowest BCUT2D eigenvalue weighted by Gasteiger charge is -2.39. The molecule has 3 amide bonds. The molecule has 1 aromatic heterocycles. The number of carbonyl (C=O) groups excluding carboxylic acids is 3. The molecule has 1 saturated heterocycles. The number of halogens is 3. The van der Waals surface area contributed by atoms with Crippen LogP contribution in [0, 0.1) is 40.9 Å². The molecule has 4 rings (SSSR count). The van der Waals surface area contributed by atoms with E-state index in [0.29, 0.717) is 11.1 Å². The Kier molecular flexibility index (Phi) is 7.72. The molecule has 226 valence electrons. The van der Waals surface area contributed by atoms with Gasteiger partial charge in [0.1, 0.15) is 18.1 Å². The lowest BCUT2D eigenvalue weighted by molar-refractivity contribution is -0.176. The number of aromatic nitrogens is 1. The number of nitriles is 1. The SMILES string of the molecule is Cc1ccc2[nH]c(=O)c(CC(C#N)N(C)C(=O)[C@@H]3[C@H]4[C@H](CN3C(=O)[C@@H](NC(=O)C(F)(F)F)C(C)(C)C)C4(C)C)cc2c1. The number of amides is 3. The predicted octanol–water partition coefficient (Wildman–Crippen LogP) is 3.31. The molecule has 2 N–H and O–H groups in total. The molecular weight excluding hydrogens is 551 g/mol. The molecule has 2 fully saturated rings. The van der Waals surface area contributed by atoms with Crippen molar-refractivity contribution in [1.82, 2.24) is 20.1 Å². The summed E-state index contributed by atoms with van der Waals surface area (Å²) in [6.07, 6.45) is -5.25. The van der Waals surface area contributed by atoms with Crippen molar-refractivity contribution in [2.24, 2.45) is 22.7 Å². The van der Waals surface area contributed by atoms with Crippen LogP contribution in [0.4, 0.5) is 13.2 Å². The number of alkyl halides is 3. The molecule has 2 aliphatic rings. The van der Waals surface area contributed by atoms with Gasteiger partial charge in [0.05, 0.1) is 6.07 Å². The van der Waals surface area contributed by atoms with Crippen LogP contribution in [-0.4, -0.2) is 70.4 Å². The highest BCUT2D eigenvalue weighted by molar-refractivity contribution is 5.95. The summed E-state index contributed by atoms with van der Waals surface area (Å²) in [6.45, 7) is 10.6. The standard InChI is InChI=1S/C30H36F3N5O4/c1-15-8-9-20-16(10-15)11-17(24(39)35-20)12-18(13-34)37(7)25(40)22-21-19(29(21,5)6)14-38(22)26(41)23(28(2,3)4)36-27(42)30(31,32)33/h8-11,18-19,21-23H,12,14H2,1-7H3,(H,35,39)(H,36,42)/t18?,19-,21+,22-,23+/m0/s1. The zero-order valence-electron chi connectivity index (χ0n) is 24.7. The molecule has 5 atom stereocenters. The van der Waals surface area contributed by atoms with E-state index in [1.807, 2.05) is 38.2 Å². The molecule has 1 aromatic carbocycles. The summed E-state index contributed by atoms with van der Waals surface area (Å²) in [5, 5.41) is 12.6. The number of aromatic amines is 1. The quantitative estimate of drug-likeness (QED) is 0.537. The molecule has 9 nitrogen and oxygen atoms in total. The number of fused-ring (bicyclic) bond motifs is 2. The van der Waals surface area contributed by atoms with Gasteiger partial charge in [0.25, 0.3) is 5.56 Å². The molecule has 1 aliphatic carbocycles. The summed E-state index contributed by atoms with van der Waals surface area (Å²) in [7, 11) is 1.42. The van der Waals surface area contributed by atoms with Crippen LogP contribution in [0.2, 0.25) is 0 Å². The predicted molar refractivity (Wildman–Crippen MR) is 149 cm³/mol. The van der Waals surface area contributed by atoms with Gasteiger partial charge >= 0.3 is 12.1 Å². The summed E-state index contributed by atoms with van der Waals surface area (Å²) < 4.78 is 39.3. The number of H-pyrrole nitrogens is 1. The van der Waals surface area contributed by atoms with Crippen LogP contribution in [0.3, 0.4) is 0 Å². The first-order chi connectivity index (χ1) is 19.3. The van der Waals surface area contributed by atoms with Crippen molar-refractivity contribution in [2.75, 3.05) is 13.6 Å². The zero-order chi connectivity index (χ0) is 31.5. The smallest absolute Gasteiger partial charge is 0.336 e. The lowest BCUT2D eigenvalue weighted by atomic mass is 9.85. The number of carbonyl (C=O) groups is 3. The average molecular weight is 588 g/mol. The van der Waals surface area contributed by atoms with Crippen molar-refractivity contribution in [1.29, 1.82) is 5.26 Å². The van der Waals surface area contributed by atoms with E-state index in [1.54, 1.807) is 12.1 Å². The normalized spacial score (nSPS) is 22.6. The molecule has 0 bridgehead atoms. The summed E-state index contributed by atoms with van der Waals surface area (Å²) in [5.41, 5.74) is 0.148. The number of benzene rings is 1. The van der Waals surface area contributed by atoms with Crippen molar-refractivity contribution in [3.05, 3.63) is 45.7 Å².